The molecule has 76 valence electrons. The van der Waals surface area contributed by atoms with Gasteiger partial charge >= 0.3 is 0 Å². The lowest BCUT2D eigenvalue weighted by molar-refractivity contribution is -0.385. The van der Waals surface area contributed by atoms with Crippen LogP contribution in [0, 0.1) is 10.1 Å². The number of nitro groups is 1. The Bertz CT molecular complexity index is 482. The van der Waals surface area contributed by atoms with E-state index in [4.69, 9.17) is 0 Å². The van der Waals surface area contributed by atoms with Crippen molar-refractivity contribution in [3.8, 4) is 0 Å². The van der Waals surface area contributed by atoms with Gasteiger partial charge < -0.3 is 0 Å². The third kappa shape index (κ3) is 2.30. The van der Waals surface area contributed by atoms with E-state index in [1.807, 2.05) is 0 Å². The second kappa shape index (κ2) is 3.66. The van der Waals surface area contributed by atoms with Gasteiger partial charge in [0.1, 0.15) is 0 Å². The molecular formula is C7H6BrNO4S. The van der Waals surface area contributed by atoms with Gasteiger partial charge in [-0.2, -0.15) is 0 Å². The van der Waals surface area contributed by atoms with Crippen LogP contribution in [0.25, 0.3) is 0 Å². The number of non-ortho nitro benzene ring substituents is 1. The monoisotopic (exact) mass is 279 g/mol. The Morgan fingerprint density at radius 2 is 2.00 bits per heavy atom. The second-order valence-corrected chi connectivity index (χ2v) is 5.48. The predicted molar refractivity (Wildman–Crippen MR) is 53.9 cm³/mol. The fourth-order valence-electron chi connectivity index (χ4n) is 0.904. The highest BCUT2D eigenvalue weighted by atomic mass is 79.9. The highest BCUT2D eigenvalue weighted by Gasteiger charge is 2.15. The van der Waals surface area contributed by atoms with E-state index < -0.39 is 14.8 Å². The van der Waals surface area contributed by atoms with Crippen LogP contribution in [0.1, 0.15) is 0 Å². The Labute approximate surface area is 88.9 Å². The molecule has 1 rings (SSSR count). The van der Waals surface area contributed by atoms with E-state index >= 15 is 0 Å². The molecule has 0 atom stereocenters. The Balaban J connectivity index is 3.35. The number of rotatable bonds is 2. The molecule has 7 heteroatoms. The molecule has 14 heavy (non-hydrogen) atoms. The number of sulfone groups is 1. The molecule has 0 bridgehead atoms. The average Bonchev–Trinajstić information content (AvgIpc) is 2.01. The maximum Gasteiger partial charge on any atom is 0.270 e. The molecule has 5 nitrogen and oxygen atoms in total. The Morgan fingerprint density at radius 3 is 2.36 bits per heavy atom. The van der Waals surface area contributed by atoms with Crippen molar-refractivity contribution in [1.29, 1.82) is 0 Å². The number of nitro benzene ring substituents is 1. The summed E-state index contributed by atoms with van der Waals surface area (Å²) in [6.07, 6.45) is 1.04. The van der Waals surface area contributed by atoms with E-state index in [0.29, 0.717) is 0 Å². The summed E-state index contributed by atoms with van der Waals surface area (Å²) in [6, 6.07) is 3.52. The van der Waals surface area contributed by atoms with Crippen LogP contribution in [-0.4, -0.2) is 19.6 Å². The molecule has 1 aromatic rings. The van der Waals surface area contributed by atoms with E-state index in [9.17, 15) is 18.5 Å². The van der Waals surface area contributed by atoms with Crippen LogP contribution >= 0.6 is 15.9 Å². The molecule has 1 aromatic carbocycles. The third-order valence-corrected chi connectivity index (χ3v) is 3.60. The van der Waals surface area contributed by atoms with E-state index in [-0.39, 0.29) is 15.1 Å². The van der Waals surface area contributed by atoms with E-state index in [1.54, 1.807) is 0 Å². The van der Waals surface area contributed by atoms with Gasteiger partial charge in [0, 0.05) is 22.9 Å². The molecule has 0 aromatic heterocycles. The zero-order valence-corrected chi connectivity index (χ0v) is 9.50. The van der Waals surface area contributed by atoms with Crippen molar-refractivity contribution in [3.63, 3.8) is 0 Å². The molecule has 0 aliphatic rings. The van der Waals surface area contributed by atoms with Crippen LogP contribution in [0.2, 0.25) is 0 Å². The smallest absolute Gasteiger partial charge is 0.258 e. The first-order chi connectivity index (χ1) is 6.32. The zero-order chi connectivity index (χ0) is 10.9. The summed E-state index contributed by atoms with van der Waals surface area (Å²) in [5, 5.41) is 10.3. The lowest BCUT2D eigenvalue weighted by Gasteiger charge is -2.00. The molecule has 0 aliphatic heterocycles. The van der Waals surface area contributed by atoms with E-state index in [1.165, 1.54) is 6.07 Å². The maximum absolute atomic E-state index is 11.1. The normalized spacial score (nSPS) is 11.3. The number of halogens is 1. The predicted octanol–water partition coefficient (Wildman–Crippen LogP) is 1.76. The van der Waals surface area contributed by atoms with Crippen molar-refractivity contribution < 1.29 is 13.3 Å². The van der Waals surface area contributed by atoms with E-state index in [2.05, 4.69) is 15.9 Å². The topological polar surface area (TPSA) is 77.3 Å². The van der Waals surface area contributed by atoms with Crippen LogP contribution in [0.4, 0.5) is 5.69 Å². The van der Waals surface area contributed by atoms with Crippen LogP contribution in [0.15, 0.2) is 27.6 Å². The first kappa shape index (κ1) is 11.1. The van der Waals surface area contributed by atoms with Gasteiger partial charge in [-0.25, -0.2) is 8.42 Å². The van der Waals surface area contributed by atoms with Gasteiger partial charge in [0.25, 0.3) is 5.69 Å². The molecule has 0 fully saturated rings. The lowest BCUT2D eigenvalue weighted by Crippen LogP contribution is -1.99. The van der Waals surface area contributed by atoms with Crippen molar-refractivity contribution in [2.45, 2.75) is 4.90 Å². The molecule has 0 saturated heterocycles. The van der Waals surface area contributed by atoms with Crippen molar-refractivity contribution >= 4 is 31.5 Å². The first-order valence-electron chi connectivity index (χ1n) is 3.46. The Kier molecular flexibility index (Phi) is 2.91. The standard InChI is InChI=1S/C7H6BrNO4S/c1-14(12,13)7-3-2-5(9(10)11)4-6(7)8/h2-4H,1H3. The molecule has 0 saturated carbocycles. The summed E-state index contributed by atoms with van der Waals surface area (Å²) < 4.78 is 22.5. The van der Waals surface area contributed by atoms with Crippen LogP contribution in [0.3, 0.4) is 0 Å². The van der Waals surface area contributed by atoms with Gasteiger partial charge in [0.2, 0.25) is 0 Å². The van der Waals surface area contributed by atoms with E-state index in [0.717, 1.165) is 18.4 Å². The van der Waals surface area contributed by atoms with Crippen LogP contribution in [-0.2, 0) is 9.84 Å². The molecule has 0 radical (unpaired) electrons. The van der Waals surface area contributed by atoms with Gasteiger partial charge in [-0.15, -0.1) is 0 Å². The lowest BCUT2D eigenvalue weighted by atomic mass is 10.3. The van der Waals surface area contributed by atoms with Crippen molar-refractivity contribution in [2.75, 3.05) is 6.26 Å². The Morgan fingerprint density at radius 1 is 1.43 bits per heavy atom. The third-order valence-electron chi connectivity index (χ3n) is 1.53. The van der Waals surface area contributed by atoms with Crippen molar-refractivity contribution in [2.24, 2.45) is 0 Å². The van der Waals surface area contributed by atoms with Gasteiger partial charge in [0.05, 0.1) is 9.82 Å². The SMILES string of the molecule is CS(=O)(=O)c1ccc([N+](=O)[O-])cc1Br. The minimum atomic E-state index is -3.35. The summed E-state index contributed by atoms with van der Waals surface area (Å²) in [7, 11) is -3.35. The van der Waals surface area contributed by atoms with Crippen LogP contribution in [0.5, 0.6) is 0 Å². The zero-order valence-electron chi connectivity index (χ0n) is 7.10. The molecule has 0 heterocycles. The summed E-state index contributed by atoms with van der Waals surface area (Å²) in [4.78, 5) is 9.81. The number of hydrogen-bond donors (Lipinski definition) is 0. The minimum absolute atomic E-state index is 0.0445. The molecule has 0 aliphatic carbocycles. The fourth-order valence-corrected chi connectivity index (χ4v) is 2.88. The first-order valence-corrected chi connectivity index (χ1v) is 6.15. The summed E-state index contributed by atoms with van der Waals surface area (Å²) in [5.41, 5.74) is -0.149. The fraction of sp³-hybridized carbons (Fsp3) is 0.143. The van der Waals surface area contributed by atoms with Gasteiger partial charge in [0.15, 0.2) is 9.84 Å². The highest BCUT2D eigenvalue weighted by molar-refractivity contribution is 9.10. The molecule has 0 amide bonds. The highest BCUT2D eigenvalue weighted by Crippen LogP contribution is 2.26. The average molecular weight is 280 g/mol. The summed E-state index contributed by atoms with van der Waals surface area (Å²) in [6.45, 7) is 0. The van der Waals surface area contributed by atoms with Gasteiger partial charge in [-0.05, 0) is 22.0 Å². The number of benzene rings is 1. The summed E-state index contributed by atoms with van der Waals surface area (Å²) in [5.74, 6) is 0. The van der Waals surface area contributed by atoms with Gasteiger partial charge in [-0.3, -0.25) is 10.1 Å². The minimum Gasteiger partial charge on any atom is -0.258 e. The molecule has 0 spiro atoms. The van der Waals surface area contributed by atoms with Gasteiger partial charge in [-0.1, -0.05) is 0 Å². The Hall–Kier alpha value is -0.950. The maximum atomic E-state index is 11.1. The second-order valence-electron chi connectivity index (χ2n) is 2.64. The quantitative estimate of drug-likeness (QED) is 0.611. The largest absolute Gasteiger partial charge is 0.270 e. The molecule has 0 N–H and O–H groups in total. The van der Waals surface area contributed by atoms with Crippen molar-refractivity contribution in [1.82, 2.24) is 0 Å². The number of hydrogen-bond acceptors (Lipinski definition) is 4. The number of nitrogens with zero attached hydrogens (tertiary/aromatic N) is 1. The summed E-state index contributed by atoms with van der Waals surface area (Å²) >= 11 is 2.97. The molecular weight excluding hydrogens is 274 g/mol. The van der Waals surface area contributed by atoms with Crippen molar-refractivity contribution in [3.05, 3.63) is 32.8 Å². The van der Waals surface area contributed by atoms with Crippen LogP contribution < -0.4 is 0 Å². The molecule has 0 unspecified atom stereocenters.